The lowest BCUT2D eigenvalue weighted by atomic mass is 10.1. The highest BCUT2D eigenvalue weighted by Gasteiger charge is 2.11. The van der Waals surface area contributed by atoms with Gasteiger partial charge in [-0.15, -0.1) is 0 Å². The predicted octanol–water partition coefficient (Wildman–Crippen LogP) is 3.86. The number of rotatable bonds is 4. The summed E-state index contributed by atoms with van der Waals surface area (Å²) in [5, 5.41) is 11.8. The zero-order valence-corrected chi connectivity index (χ0v) is 13.9. The van der Waals surface area contributed by atoms with Crippen LogP contribution in [0.5, 0.6) is 0 Å². The summed E-state index contributed by atoms with van der Waals surface area (Å²) in [6.07, 6.45) is 0. The number of carbonyl (C=O) groups is 1. The molecular formula is C21H17N3O. The second-order valence-electron chi connectivity index (χ2n) is 5.69. The zero-order valence-electron chi connectivity index (χ0n) is 13.9. The van der Waals surface area contributed by atoms with Gasteiger partial charge in [0.1, 0.15) is 0 Å². The lowest BCUT2D eigenvalue weighted by Gasteiger charge is -2.09. The van der Waals surface area contributed by atoms with E-state index in [1.54, 1.807) is 18.2 Å². The predicted molar refractivity (Wildman–Crippen MR) is 96.7 cm³/mol. The molecule has 0 aliphatic heterocycles. The Balaban J connectivity index is 1.73. The lowest BCUT2D eigenvalue weighted by molar-refractivity contribution is 0.0950. The average Bonchev–Trinajstić information content (AvgIpc) is 2.67. The van der Waals surface area contributed by atoms with Crippen molar-refractivity contribution in [2.75, 3.05) is 0 Å². The summed E-state index contributed by atoms with van der Waals surface area (Å²) in [6, 6.07) is 22.8. The summed E-state index contributed by atoms with van der Waals surface area (Å²) in [4.78, 5) is 17.0. The third kappa shape index (κ3) is 3.91. The molecule has 3 rings (SSSR count). The highest BCUT2D eigenvalue weighted by atomic mass is 16.1. The minimum atomic E-state index is -0.174. The Kier molecular flexibility index (Phi) is 4.87. The molecule has 0 aliphatic rings. The minimum absolute atomic E-state index is 0.174. The Bertz CT molecular complexity index is 943. The Morgan fingerprint density at radius 3 is 2.60 bits per heavy atom. The van der Waals surface area contributed by atoms with Gasteiger partial charge in [0.25, 0.3) is 5.91 Å². The molecule has 0 aliphatic carbocycles. The van der Waals surface area contributed by atoms with Gasteiger partial charge >= 0.3 is 0 Å². The molecule has 1 heterocycles. The second-order valence-corrected chi connectivity index (χ2v) is 5.69. The molecule has 0 atom stereocenters. The fourth-order valence-electron chi connectivity index (χ4n) is 2.60. The fraction of sp³-hybridized carbons (Fsp3) is 0.0952. The van der Waals surface area contributed by atoms with Gasteiger partial charge in [-0.3, -0.25) is 9.78 Å². The Morgan fingerprint density at radius 1 is 1.08 bits per heavy atom. The van der Waals surface area contributed by atoms with Gasteiger partial charge in [0.2, 0.25) is 0 Å². The summed E-state index contributed by atoms with van der Waals surface area (Å²) in [6.45, 7) is 2.20. The molecule has 0 saturated carbocycles. The number of nitrogens with zero attached hydrogens (tertiary/aromatic N) is 2. The number of aryl methyl sites for hydroxylation is 1. The molecule has 25 heavy (non-hydrogen) atoms. The summed E-state index contributed by atoms with van der Waals surface area (Å²) in [5.41, 5.74) is 4.57. The van der Waals surface area contributed by atoms with E-state index in [0.717, 1.165) is 16.8 Å². The summed E-state index contributed by atoms with van der Waals surface area (Å²) in [7, 11) is 0. The first-order chi connectivity index (χ1) is 12.2. The van der Waals surface area contributed by atoms with Crippen LogP contribution in [0.25, 0.3) is 11.3 Å². The van der Waals surface area contributed by atoms with E-state index < -0.39 is 0 Å². The van der Waals surface area contributed by atoms with Crippen molar-refractivity contribution in [3.8, 4) is 17.3 Å². The smallest absolute Gasteiger partial charge is 0.253 e. The SMILES string of the molecule is Cc1nc(-c2ccccc2)ccc1C(=O)NCc1cccc(C#N)c1. The van der Waals surface area contributed by atoms with Crippen LogP contribution in [0.3, 0.4) is 0 Å². The summed E-state index contributed by atoms with van der Waals surface area (Å²) < 4.78 is 0. The van der Waals surface area contributed by atoms with Gasteiger partial charge < -0.3 is 5.32 Å². The van der Waals surface area contributed by atoms with E-state index >= 15 is 0 Å². The summed E-state index contributed by atoms with van der Waals surface area (Å²) in [5.74, 6) is -0.174. The van der Waals surface area contributed by atoms with E-state index in [1.165, 1.54) is 0 Å². The molecule has 1 amide bonds. The van der Waals surface area contributed by atoms with Crippen molar-refractivity contribution in [1.29, 1.82) is 5.26 Å². The Morgan fingerprint density at radius 2 is 1.88 bits per heavy atom. The molecule has 3 aromatic rings. The standard InChI is InChI=1S/C21H17N3O/c1-15-19(10-11-20(24-15)18-8-3-2-4-9-18)21(25)23-14-17-7-5-6-16(12-17)13-22/h2-12H,14H2,1H3,(H,23,25). The van der Waals surface area contributed by atoms with Crippen LogP contribution in [0.2, 0.25) is 0 Å². The maximum atomic E-state index is 12.4. The molecule has 122 valence electrons. The van der Waals surface area contributed by atoms with Gasteiger partial charge in [-0.2, -0.15) is 5.26 Å². The Hall–Kier alpha value is -3.45. The van der Waals surface area contributed by atoms with Gasteiger partial charge in [-0.05, 0) is 36.8 Å². The van der Waals surface area contributed by atoms with Crippen LogP contribution in [0, 0.1) is 18.3 Å². The van der Waals surface area contributed by atoms with E-state index in [0.29, 0.717) is 23.4 Å². The minimum Gasteiger partial charge on any atom is -0.348 e. The molecule has 1 N–H and O–H groups in total. The number of nitrogens with one attached hydrogen (secondary N) is 1. The number of hydrogen-bond donors (Lipinski definition) is 1. The van der Waals surface area contributed by atoms with Crippen LogP contribution >= 0.6 is 0 Å². The number of nitriles is 1. The maximum Gasteiger partial charge on any atom is 0.253 e. The van der Waals surface area contributed by atoms with Crippen molar-refractivity contribution in [1.82, 2.24) is 10.3 Å². The molecule has 0 radical (unpaired) electrons. The quantitative estimate of drug-likeness (QED) is 0.791. The van der Waals surface area contributed by atoms with Crippen molar-refractivity contribution in [3.63, 3.8) is 0 Å². The average molecular weight is 327 g/mol. The number of benzene rings is 2. The lowest BCUT2D eigenvalue weighted by Crippen LogP contribution is -2.24. The Labute approximate surface area is 146 Å². The second kappa shape index (κ2) is 7.41. The van der Waals surface area contributed by atoms with Gasteiger partial charge in [0.05, 0.1) is 28.6 Å². The molecule has 0 spiro atoms. The highest BCUT2D eigenvalue weighted by Crippen LogP contribution is 2.18. The highest BCUT2D eigenvalue weighted by molar-refractivity contribution is 5.95. The molecule has 2 aromatic carbocycles. The van der Waals surface area contributed by atoms with Gasteiger partial charge in [0.15, 0.2) is 0 Å². The van der Waals surface area contributed by atoms with Crippen molar-refractivity contribution < 1.29 is 4.79 Å². The summed E-state index contributed by atoms with van der Waals surface area (Å²) >= 11 is 0. The van der Waals surface area contributed by atoms with Crippen LogP contribution in [-0.2, 0) is 6.54 Å². The zero-order chi connectivity index (χ0) is 17.6. The number of hydrogen-bond acceptors (Lipinski definition) is 3. The molecule has 4 nitrogen and oxygen atoms in total. The van der Waals surface area contributed by atoms with Gasteiger partial charge in [-0.25, -0.2) is 0 Å². The van der Waals surface area contributed by atoms with Crippen molar-refractivity contribution in [2.45, 2.75) is 13.5 Å². The van der Waals surface area contributed by atoms with Crippen molar-refractivity contribution in [2.24, 2.45) is 0 Å². The first-order valence-electron chi connectivity index (χ1n) is 7.97. The van der Waals surface area contributed by atoms with E-state index in [9.17, 15) is 4.79 Å². The molecule has 0 unspecified atom stereocenters. The van der Waals surface area contributed by atoms with E-state index in [-0.39, 0.29) is 5.91 Å². The molecule has 0 bridgehead atoms. The number of pyridine rings is 1. The number of carbonyl (C=O) groups excluding carboxylic acids is 1. The molecule has 1 aromatic heterocycles. The first kappa shape index (κ1) is 16.4. The van der Waals surface area contributed by atoms with Crippen LogP contribution in [0.4, 0.5) is 0 Å². The molecule has 4 heteroatoms. The van der Waals surface area contributed by atoms with Crippen LogP contribution in [0.15, 0.2) is 66.7 Å². The van der Waals surface area contributed by atoms with Crippen LogP contribution < -0.4 is 5.32 Å². The van der Waals surface area contributed by atoms with Crippen LogP contribution in [0.1, 0.15) is 27.2 Å². The van der Waals surface area contributed by atoms with Crippen LogP contribution in [-0.4, -0.2) is 10.9 Å². The van der Waals surface area contributed by atoms with Gasteiger partial charge in [0, 0.05) is 12.1 Å². The van der Waals surface area contributed by atoms with Gasteiger partial charge in [-0.1, -0.05) is 42.5 Å². The largest absolute Gasteiger partial charge is 0.348 e. The number of aromatic nitrogens is 1. The fourth-order valence-corrected chi connectivity index (χ4v) is 2.60. The molecular weight excluding hydrogens is 310 g/mol. The third-order valence-corrected chi connectivity index (χ3v) is 3.91. The van der Waals surface area contributed by atoms with E-state index in [1.807, 2.05) is 55.5 Å². The molecule has 0 saturated heterocycles. The van der Waals surface area contributed by atoms with E-state index in [2.05, 4.69) is 16.4 Å². The topological polar surface area (TPSA) is 65.8 Å². The molecule has 0 fully saturated rings. The third-order valence-electron chi connectivity index (χ3n) is 3.91. The van der Waals surface area contributed by atoms with Crippen molar-refractivity contribution >= 4 is 5.91 Å². The maximum absolute atomic E-state index is 12.4. The monoisotopic (exact) mass is 327 g/mol. The first-order valence-corrected chi connectivity index (χ1v) is 7.97. The van der Waals surface area contributed by atoms with Crippen molar-refractivity contribution in [3.05, 3.63) is 89.1 Å². The van der Waals surface area contributed by atoms with E-state index in [4.69, 9.17) is 5.26 Å². The number of amides is 1. The normalized spacial score (nSPS) is 10.1.